The molecule has 1 amide bonds. The van der Waals surface area contributed by atoms with Crippen molar-refractivity contribution < 1.29 is 22.7 Å². The summed E-state index contributed by atoms with van der Waals surface area (Å²) < 4.78 is 26.1. The molecule has 0 aliphatic carbocycles. The number of hydrogen-bond acceptors (Lipinski definition) is 5. The lowest BCUT2D eigenvalue weighted by Crippen LogP contribution is -2.40. The van der Waals surface area contributed by atoms with Crippen molar-refractivity contribution >= 4 is 21.7 Å². The fourth-order valence-electron chi connectivity index (χ4n) is 0.570. The summed E-state index contributed by atoms with van der Waals surface area (Å²) in [5.41, 5.74) is 0. The highest BCUT2D eigenvalue weighted by atomic mass is 32.2. The van der Waals surface area contributed by atoms with Crippen molar-refractivity contribution in [3.05, 3.63) is 0 Å². The molecule has 0 bridgehead atoms. The maximum absolute atomic E-state index is 11.1. The predicted octanol–water partition coefficient (Wildman–Crippen LogP) is -1.29. The zero-order valence-corrected chi connectivity index (χ0v) is 9.05. The normalized spacial score (nSPS) is 13.1. The second-order valence-electron chi connectivity index (χ2n) is 2.77. The first-order valence-corrected chi connectivity index (χ1v) is 5.78. The predicted molar refractivity (Wildman–Crippen MR) is 49.3 cm³/mol. The van der Waals surface area contributed by atoms with E-state index in [1.165, 1.54) is 14.0 Å². The minimum absolute atomic E-state index is 0.324. The number of amides is 1. The molecule has 1 unspecified atom stereocenters. The number of sulfone groups is 1. The summed E-state index contributed by atoms with van der Waals surface area (Å²) in [6, 6.07) is 0. The van der Waals surface area contributed by atoms with Crippen molar-refractivity contribution in [2.75, 3.05) is 19.9 Å². The second kappa shape index (κ2) is 4.94. The van der Waals surface area contributed by atoms with Crippen LogP contribution in [0, 0.1) is 0 Å². The Bertz CT molecular complexity index is 321. The molecule has 7 heteroatoms. The van der Waals surface area contributed by atoms with Crippen molar-refractivity contribution in [3.63, 3.8) is 0 Å². The number of ether oxygens (including phenoxy) is 1. The molecule has 0 aromatic heterocycles. The van der Waals surface area contributed by atoms with Crippen LogP contribution in [-0.4, -0.2) is 45.5 Å². The number of esters is 1. The van der Waals surface area contributed by atoms with Crippen molar-refractivity contribution in [1.29, 1.82) is 0 Å². The minimum Gasteiger partial charge on any atom is -0.468 e. The number of carbonyl (C=O) groups excluding carboxylic acids is 2. The first-order chi connectivity index (χ1) is 6.29. The fraction of sp³-hybridized carbons (Fsp3) is 0.714. The number of carbonyl (C=O) groups is 2. The van der Waals surface area contributed by atoms with Gasteiger partial charge in [0.15, 0.2) is 9.84 Å². The van der Waals surface area contributed by atoms with Gasteiger partial charge < -0.3 is 10.1 Å². The van der Waals surface area contributed by atoms with E-state index in [4.69, 9.17) is 0 Å². The molecule has 0 fully saturated rings. The summed E-state index contributed by atoms with van der Waals surface area (Å²) in [7, 11) is -2.25. The minimum atomic E-state index is -3.42. The summed E-state index contributed by atoms with van der Waals surface area (Å²) in [4.78, 5) is 21.7. The third kappa shape index (κ3) is 4.22. The summed E-state index contributed by atoms with van der Waals surface area (Å²) in [5.74, 6) is -1.34. The number of hydrogen-bond donors (Lipinski definition) is 1. The molecular weight excluding hydrogens is 210 g/mol. The molecule has 0 spiro atoms. The Hall–Kier alpha value is -1.11. The van der Waals surface area contributed by atoms with Crippen LogP contribution < -0.4 is 5.32 Å². The van der Waals surface area contributed by atoms with Crippen LogP contribution in [0.4, 0.5) is 0 Å². The van der Waals surface area contributed by atoms with Gasteiger partial charge in [-0.15, -0.1) is 0 Å². The number of rotatable bonds is 4. The quantitative estimate of drug-likeness (QED) is 0.599. The summed E-state index contributed by atoms with van der Waals surface area (Å²) in [5, 5.41) is 0.987. The summed E-state index contributed by atoms with van der Waals surface area (Å²) in [6.45, 7) is 0.928. The van der Waals surface area contributed by atoms with Gasteiger partial charge in [0.1, 0.15) is 11.8 Å². The van der Waals surface area contributed by atoms with Gasteiger partial charge in [0, 0.05) is 6.26 Å². The van der Waals surface area contributed by atoms with Crippen molar-refractivity contribution in [1.82, 2.24) is 5.32 Å². The maximum atomic E-state index is 11.1. The van der Waals surface area contributed by atoms with Gasteiger partial charge in [-0.1, -0.05) is 0 Å². The number of nitrogens with one attached hydrogen (secondary N) is 1. The van der Waals surface area contributed by atoms with E-state index in [-0.39, 0.29) is 6.54 Å². The Morgan fingerprint density at radius 1 is 1.43 bits per heavy atom. The highest BCUT2D eigenvalue weighted by Gasteiger charge is 2.23. The summed E-state index contributed by atoms with van der Waals surface area (Å²) >= 11 is 0. The van der Waals surface area contributed by atoms with Gasteiger partial charge >= 0.3 is 5.97 Å². The van der Waals surface area contributed by atoms with E-state index in [0.29, 0.717) is 0 Å². The fourth-order valence-corrected chi connectivity index (χ4v) is 1.04. The Morgan fingerprint density at radius 2 is 1.93 bits per heavy atom. The van der Waals surface area contributed by atoms with Crippen molar-refractivity contribution in [2.24, 2.45) is 0 Å². The van der Waals surface area contributed by atoms with Gasteiger partial charge in [-0.3, -0.25) is 9.59 Å². The average molecular weight is 223 g/mol. The zero-order valence-electron chi connectivity index (χ0n) is 8.23. The highest BCUT2D eigenvalue weighted by molar-refractivity contribution is 7.92. The standard InChI is InChI=1S/C7H13NO5S/c1-5(14(3,11)12)7(10)8-4-6(9)13-2/h5H,4H2,1-3H3,(H,8,10). The molecule has 0 aromatic rings. The molecule has 0 aliphatic rings. The van der Waals surface area contributed by atoms with Gasteiger partial charge in [0.2, 0.25) is 5.91 Å². The lowest BCUT2D eigenvalue weighted by atomic mass is 10.4. The van der Waals surface area contributed by atoms with Crippen LogP contribution in [0.3, 0.4) is 0 Å². The van der Waals surface area contributed by atoms with Crippen LogP contribution >= 0.6 is 0 Å². The van der Waals surface area contributed by atoms with Crippen LogP contribution in [0.1, 0.15) is 6.92 Å². The van der Waals surface area contributed by atoms with E-state index in [1.807, 2.05) is 0 Å². The molecule has 1 atom stereocenters. The van der Waals surface area contributed by atoms with E-state index in [1.54, 1.807) is 0 Å². The molecule has 0 saturated carbocycles. The molecule has 0 saturated heterocycles. The van der Waals surface area contributed by atoms with E-state index in [2.05, 4.69) is 10.1 Å². The molecule has 0 radical (unpaired) electrons. The maximum Gasteiger partial charge on any atom is 0.325 e. The molecule has 0 aliphatic heterocycles. The highest BCUT2D eigenvalue weighted by Crippen LogP contribution is 1.96. The van der Waals surface area contributed by atoms with E-state index in [9.17, 15) is 18.0 Å². The molecule has 14 heavy (non-hydrogen) atoms. The van der Waals surface area contributed by atoms with Gasteiger partial charge in [-0.2, -0.15) is 0 Å². The van der Waals surface area contributed by atoms with Crippen LogP contribution in [0.2, 0.25) is 0 Å². The zero-order chi connectivity index (χ0) is 11.4. The first-order valence-electron chi connectivity index (χ1n) is 3.82. The second-order valence-corrected chi connectivity index (χ2v) is 5.13. The first kappa shape index (κ1) is 12.9. The Labute approximate surface area is 82.5 Å². The smallest absolute Gasteiger partial charge is 0.325 e. The third-order valence-corrected chi connectivity index (χ3v) is 3.14. The Kier molecular flexibility index (Phi) is 4.55. The molecule has 82 valence electrons. The monoisotopic (exact) mass is 223 g/mol. The molecule has 0 rings (SSSR count). The van der Waals surface area contributed by atoms with E-state index < -0.39 is 27.0 Å². The molecule has 1 N–H and O–H groups in total. The SMILES string of the molecule is COC(=O)CNC(=O)C(C)S(C)(=O)=O. The van der Waals surface area contributed by atoms with Crippen LogP contribution in [0.5, 0.6) is 0 Å². The van der Waals surface area contributed by atoms with Crippen molar-refractivity contribution in [3.8, 4) is 0 Å². The molecule has 0 aromatic carbocycles. The van der Waals surface area contributed by atoms with Crippen LogP contribution in [0.25, 0.3) is 0 Å². The van der Waals surface area contributed by atoms with Gasteiger partial charge in [0.05, 0.1) is 7.11 Å². The molecule has 0 heterocycles. The Morgan fingerprint density at radius 3 is 2.29 bits per heavy atom. The summed E-state index contributed by atoms with van der Waals surface area (Å²) in [6.07, 6.45) is 0.954. The van der Waals surface area contributed by atoms with E-state index >= 15 is 0 Å². The lowest BCUT2D eigenvalue weighted by molar-refractivity contribution is -0.141. The number of methoxy groups -OCH3 is 1. The van der Waals surface area contributed by atoms with Gasteiger partial charge in [-0.05, 0) is 6.92 Å². The third-order valence-electron chi connectivity index (χ3n) is 1.65. The van der Waals surface area contributed by atoms with E-state index in [0.717, 1.165) is 6.26 Å². The van der Waals surface area contributed by atoms with Crippen LogP contribution in [0.15, 0.2) is 0 Å². The molecule has 6 nitrogen and oxygen atoms in total. The molecular formula is C7H13NO5S. The Balaban J connectivity index is 4.17. The van der Waals surface area contributed by atoms with Gasteiger partial charge in [0.25, 0.3) is 0 Å². The van der Waals surface area contributed by atoms with Crippen molar-refractivity contribution in [2.45, 2.75) is 12.2 Å². The average Bonchev–Trinajstić information content (AvgIpc) is 2.10. The lowest BCUT2D eigenvalue weighted by Gasteiger charge is -2.08. The van der Waals surface area contributed by atoms with Gasteiger partial charge in [-0.25, -0.2) is 8.42 Å². The van der Waals surface area contributed by atoms with Crippen LogP contribution in [-0.2, 0) is 24.2 Å². The topological polar surface area (TPSA) is 89.5 Å². The largest absolute Gasteiger partial charge is 0.468 e.